The molecule has 0 nitrogen and oxygen atoms in total. The van der Waals surface area contributed by atoms with Crippen molar-refractivity contribution < 1.29 is 0 Å². The van der Waals surface area contributed by atoms with E-state index in [0.717, 1.165) is 6.42 Å². The van der Waals surface area contributed by atoms with Gasteiger partial charge in [-0.15, -0.1) is 0 Å². The van der Waals surface area contributed by atoms with Crippen LogP contribution in [0.3, 0.4) is 0 Å². The fraction of sp³-hybridized carbons (Fsp3) is 0.440. The fourth-order valence-electron chi connectivity index (χ4n) is 4.00. The van der Waals surface area contributed by atoms with Crippen LogP contribution in [0.5, 0.6) is 0 Å². The summed E-state index contributed by atoms with van der Waals surface area (Å²) in [6.45, 7) is 4.46. The summed E-state index contributed by atoms with van der Waals surface area (Å²) in [5.74, 6) is 0. The number of fused-ring (bicyclic) bond motifs is 1. The Kier molecular flexibility index (Phi) is 6.50. The Hall–Kier alpha value is -1.82. The summed E-state index contributed by atoms with van der Waals surface area (Å²) in [4.78, 5) is 0. The van der Waals surface area contributed by atoms with E-state index in [9.17, 15) is 0 Å². The lowest BCUT2D eigenvalue weighted by Crippen LogP contribution is -1.89. The van der Waals surface area contributed by atoms with Crippen LogP contribution in [0.1, 0.15) is 80.5 Å². The summed E-state index contributed by atoms with van der Waals surface area (Å²) in [7, 11) is 0. The maximum Gasteiger partial charge on any atom is -0.00108 e. The van der Waals surface area contributed by atoms with Gasteiger partial charge in [-0.25, -0.2) is 0 Å². The van der Waals surface area contributed by atoms with Gasteiger partial charge < -0.3 is 0 Å². The second-order valence-electron chi connectivity index (χ2n) is 7.53. The standard InChI is InChI=1S/C25H32/c1-3-4-5-6-7-8-9-14-24-23-13-11-10-12-22(23)19-25(24)21-17-15-20(2)16-18-21/h10-13,15-18H,3-9,14,19H2,1-2H3. The highest BCUT2D eigenvalue weighted by Crippen LogP contribution is 2.41. The van der Waals surface area contributed by atoms with E-state index in [0.29, 0.717) is 0 Å². The quantitative estimate of drug-likeness (QED) is 0.415. The Balaban J connectivity index is 1.69. The smallest absolute Gasteiger partial charge is 0.00108 e. The van der Waals surface area contributed by atoms with Gasteiger partial charge in [0, 0.05) is 0 Å². The van der Waals surface area contributed by atoms with Crippen molar-refractivity contribution in [3.63, 3.8) is 0 Å². The molecule has 2 aromatic rings. The summed E-state index contributed by atoms with van der Waals surface area (Å²) in [6, 6.07) is 18.1. The van der Waals surface area contributed by atoms with Crippen LogP contribution in [0.2, 0.25) is 0 Å². The first-order valence-electron chi connectivity index (χ1n) is 10.2. The molecule has 0 saturated carbocycles. The molecule has 3 rings (SSSR count). The van der Waals surface area contributed by atoms with Crippen molar-refractivity contribution in [1.29, 1.82) is 0 Å². The zero-order valence-electron chi connectivity index (χ0n) is 16.0. The monoisotopic (exact) mass is 332 g/mol. The van der Waals surface area contributed by atoms with Crippen molar-refractivity contribution in [1.82, 2.24) is 0 Å². The molecule has 0 fully saturated rings. The van der Waals surface area contributed by atoms with Crippen molar-refractivity contribution in [2.45, 2.75) is 71.6 Å². The van der Waals surface area contributed by atoms with Crippen LogP contribution in [-0.2, 0) is 6.42 Å². The van der Waals surface area contributed by atoms with E-state index in [2.05, 4.69) is 62.4 Å². The molecule has 0 N–H and O–H groups in total. The molecule has 0 amide bonds. The van der Waals surface area contributed by atoms with Gasteiger partial charge in [0.05, 0.1) is 0 Å². The van der Waals surface area contributed by atoms with Crippen molar-refractivity contribution in [2.24, 2.45) is 0 Å². The Morgan fingerprint density at radius 1 is 0.760 bits per heavy atom. The van der Waals surface area contributed by atoms with E-state index in [1.807, 2.05) is 0 Å². The Bertz CT molecular complexity index is 703. The Labute approximate surface area is 154 Å². The van der Waals surface area contributed by atoms with Crippen LogP contribution < -0.4 is 0 Å². The highest BCUT2D eigenvalue weighted by molar-refractivity contribution is 5.97. The van der Waals surface area contributed by atoms with Gasteiger partial charge in [-0.2, -0.15) is 0 Å². The summed E-state index contributed by atoms with van der Waals surface area (Å²) in [6.07, 6.45) is 12.0. The Morgan fingerprint density at radius 2 is 1.44 bits per heavy atom. The summed E-state index contributed by atoms with van der Waals surface area (Å²) in [5, 5.41) is 0. The molecule has 0 bridgehead atoms. The average molecular weight is 333 g/mol. The van der Waals surface area contributed by atoms with Crippen LogP contribution in [0.15, 0.2) is 48.5 Å². The second kappa shape index (κ2) is 9.04. The normalized spacial score (nSPS) is 13.4. The van der Waals surface area contributed by atoms with Crippen LogP contribution in [0, 0.1) is 6.92 Å². The first-order chi connectivity index (χ1) is 12.3. The summed E-state index contributed by atoms with van der Waals surface area (Å²) in [5.41, 5.74) is 8.94. The number of rotatable bonds is 9. The number of allylic oxidation sites excluding steroid dienone is 2. The van der Waals surface area contributed by atoms with Gasteiger partial charge in [-0.1, -0.05) is 99.5 Å². The molecule has 0 radical (unpaired) electrons. The summed E-state index contributed by atoms with van der Waals surface area (Å²) < 4.78 is 0. The molecule has 0 aromatic heterocycles. The third-order valence-corrected chi connectivity index (χ3v) is 5.50. The molecular formula is C25H32. The van der Waals surface area contributed by atoms with Gasteiger partial charge in [0.15, 0.2) is 0 Å². The maximum atomic E-state index is 2.33. The molecule has 2 aromatic carbocycles. The van der Waals surface area contributed by atoms with E-state index in [-0.39, 0.29) is 0 Å². The zero-order valence-corrected chi connectivity index (χ0v) is 16.0. The van der Waals surface area contributed by atoms with Crippen LogP contribution in [-0.4, -0.2) is 0 Å². The molecule has 0 heterocycles. The third-order valence-electron chi connectivity index (χ3n) is 5.50. The van der Waals surface area contributed by atoms with Gasteiger partial charge in [0.25, 0.3) is 0 Å². The molecule has 1 aliphatic carbocycles. The molecule has 25 heavy (non-hydrogen) atoms. The largest absolute Gasteiger partial charge is 0.0654 e. The number of hydrogen-bond acceptors (Lipinski definition) is 0. The number of aryl methyl sites for hydroxylation is 1. The lowest BCUT2D eigenvalue weighted by molar-refractivity contribution is 0.594. The first kappa shape index (κ1) is 18.0. The van der Waals surface area contributed by atoms with E-state index >= 15 is 0 Å². The van der Waals surface area contributed by atoms with Gasteiger partial charge in [-0.05, 0) is 54.0 Å². The first-order valence-corrected chi connectivity index (χ1v) is 10.2. The van der Waals surface area contributed by atoms with E-state index in [1.165, 1.54) is 73.6 Å². The van der Waals surface area contributed by atoms with Crippen molar-refractivity contribution in [3.8, 4) is 0 Å². The molecular weight excluding hydrogens is 300 g/mol. The van der Waals surface area contributed by atoms with Crippen LogP contribution in [0.4, 0.5) is 0 Å². The minimum absolute atomic E-state index is 1.10. The number of unbranched alkanes of at least 4 members (excludes halogenated alkanes) is 6. The lowest BCUT2D eigenvalue weighted by atomic mass is 9.95. The molecule has 0 spiro atoms. The van der Waals surface area contributed by atoms with Gasteiger partial charge in [0.2, 0.25) is 0 Å². The van der Waals surface area contributed by atoms with Crippen LogP contribution in [0.25, 0.3) is 11.1 Å². The van der Waals surface area contributed by atoms with Gasteiger partial charge in [0.1, 0.15) is 0 Å². The molecule has 132 valence electrons. The second-order valence-corrected chi connectivity index (χ2v) is 7.53. The van der Waals surface area contributed by atoms with E-state index in [4.69, 9.17) is 0 Å². The molecule has 0 unspecified atom stereocenters. The molecule has 0 aliphatic heterocycles. The highest BCUT2D eigenvalue weighted by Gasteiger charge is 2.21. The number of benzene rings is 2. The third kappa shape index (κ3) is 4.63. The van der Waals surface area contributed by atoms with Gasteiger partial charge in [-0.3, -0.25) is 0 Å². The summed E-state index contributed by atoms with van der Waals surface area (Å²) >= 11 is 0. The highest BCUT2D eigenvalue weighted by atomic mass is 14.3. The molecule has 0 heteroatoms. The topological polar surface area (TPSA) is 0 Å². The SMILES string of the molecule is CCCCCCCCCC1=C(c2ccc(C)cc2)Cc2ccccc21. The Morgan fingerprint density at radius 3 is 2.20 bits per heavy atom. The molecule has 1 aliphatic rings. The van der Waals surface area contributed by atoms with E-state index < -0.39 is 0 Å². The molecule has 0 atom stereocenters. The predicted molar refractivity (Wildman–Crippen MR) is 111 cm³/mol. The predicted octanol–water partition coefficient (Wildman–Crippen LogP) is 7.60. The average Bonchev–Trinajstić information content (AvgIpc) is 3.00. The van der Waals surface area contributed by atoms with Crippen molar-refractivity contribution >= 4 is 11.1 Å². The van der Waals surface area contributed by atoms with E-state index in [1.54, 1.807) is 11.1 Å². The van der Waals surface area contributed by atoms with Gasteiger partial charge >= 0.3 is 0 Å². The molecule has 0 saturated heterocycles. The van der Waals surface area contributed by atoms with Crippen molar-refractivity contribution in [2.75, 3.05) is 0 Å². The minimum atomic E-state index is 1.10. The minimum Gasteiger partial charge on any atom is -0.0654 e. The van der Waals surface area contributed by atoms with Crippen LogP contribution >= 0.6 is 0 Å². The fourth-order valence-corrected chi connectivity index (χ4v) is 4.00. The van der Waals surface area contributed by atoms with Crippen molar-refractivity contribution in [3.05, 3.63) is 70.8 Å². The number of hydrogen-bond donors (Lipinski definition) is 0. The lowest BCUT2D eigenvalue weighted by Gasteiger charge is -2.10. The zero-order chi connectivity index (χ0) is 17.5. The maximum absolute atomic E-state index is 2.33.